The molecular formula is C22H18BrN3O3. The van der Waals surface area contributed by atoms with Gasteiger partial charge in [-0.3, -0.25) is 9.59 Å². The third-order valence-electron chi connectivity index (χ3n) is 4.15. The van der Waals surface area contributed by atoms with Gasteiger partial charge in [-0.15, -0.1) is 0 Å². The first-order valence-electron chi connectivity index (χ1n) is 8.73. The Kier molecular flexibility index (Phi) is 6.41. The molecule has 146 valence electrons. The van der Waals surface area contributed by atoms with Gasteiger partial charge in [0.2, 0.25) is 0 Å². The number of benzene rings is 3. The fraction of sp³-hybridized carbons (Fsp3) is 0.0455. The molecule has 0 aliphatic rings. The van der Waals surface area contributed by atoms with Crippen molar-refractivity contribution in [3.8, 4) is 5.75 Å². The van der Waals surface area contributed by atoms with Crippen LogP contribution in [0.5, 0.6) is 5.75 Å². The number of carbonyl (C=O) groups excluding carboxylic acids is 2. The lowest BCUT2D eigenvalue weighted by molar-refractivity contribution is 0.0954. The summed E-state index contributed by atoms with van der Waals surface area (Å²) in [7, 11) is 0. The minimum Gasteiger partial charge on any atom is -0.507 e. The lowest BCUT2D eigenvalue weighted by atomic mass is 10.1. The van der Waals surface area contributed by atoms with Gasteiger partial charge in [0.05, 0.1) is 6.21 Å². The van der Waals surface area contributed by atoms with Crippen LogP contribution in [0.1, 0.15) is 31.8 Å². The molecule has 0 aliphatic carbocycles. The van der Waals surface area contributed by atoms with Gasteiger partial charge in [-0.05, 0) is 61.0 Å². The molecule has 0 aliphatic heterocycles. The minimum atomic E-state index is -0.410. The molecule has 29 heavy (non-hydrogen) atoms. The van der Waals surface area contributed by atoms with Gasteiger partial charge in [0, 0.05) is 26.9 Å². The summed E-state index contributed by atoms with van der Waals surface area (Å²) in [5, 5.41) is 16.4. The Morgan fingerprint density at radius 2 is 1.72 bits per heavy atom. The SMILES string of the molecule is Cc1ccccc1C(=O)Nc1ccc(C(=O)NN=Cc2cc(Br)ccc2O)cc1. The van der Waals surface area contributed by atoms with Gasteiger partial charge in [0.1, 0.15) is 5.75 Å². The van der Waals surface area contributed by atoms with Crippen LogP contribution >= 0.6 is 15.9 Å². The van der Waals surface area contributed by atoms with E-state index in [4.69, 9.17) is 0 Å². The minimum absolute atomic E-state index is 0.0555. The fourth-order valence-electron chi connectivity index (χ4n) is 2.58. The molecule has 0 heterocycles. The molecule has 2 amide bonds. The maximum absolute atomic E-state index is 12.3. The molecule has 0 aromatic heterocycles. The number of nitrogens with one attached hydrogen (secondary N) is 2. The molecule has 6 nitrogen and oxygen atoms in total. The highest BCUT2D eigenvalue weighted by Gasteiger charge is 2.09. The van der Waals surface area contributed by atoms with Gasteiger partial charge in [0.25, 0.3) is 11.8 Å². The largest absolute Gasteiger partial charge is 0.507 e. The van der Waals surface area contributed by atoms with E-state index in [0.717, 1.165) is 10.0 Å². The molecule has 7 heteroatoms. The molecule has 3 aromatic carbocycles. The third kappa shape index (κ3) is 5.30. The molecule has 0 bridgehead atoms. The highest BCUT2D eigenvalue weighted by molar-refractivity contribution is 9.10. The number of anilines is 1. The summed E-state index contributed by atoms with van der Waals surface area (Å²) in [5.74, 6) is -0.564. The van der Waals surface area contributed by atoms with Crippen molar-refractivity contribution in [2.24, 2.45) is 5.10 Å². The third-order valence-corrected chi connectivity index (χ3v) is 4.65. The number of phenolic OH excluding ortho intramolecular Hbond substituents is 1. The van der Waals surface area contributed by atoms with Crippen molar-refractivity contribution in [3.63, 3.8) is 0 Å². The van der Waals surface area contributed by atoms with E-state index >= 15 is 0 Å². The number of aromatic hydroxyl groups is 1. The zero-order chi connectivity index (χ0) is 20.8. The van der Waals surface area contributed by atoms with Crippen LogP contribution in [0.4, 0.5) is 5.69 Å². The fourth-order valence-corrected chi connectivity index (χ4v) is 2.96. The Labute approximate surface area is 176 Å². The topological polar surface area (TPSA) is 90.8 Å². The monoisotopic (exact) mass is 451 g/mol. The second kappa shape index (κ2) is 9.16. The Bertz CT molecular complexity index is 1080. The first kappa shape index (κ1) is 20.3. The van der Waals surface area contributed by atoms with Gasteiger partial charge in [-0.25, -0.2) is 5.43 Å². The van der Waals surface area contributed by atoms with Crippen molar-refractivity contribution in [2.45, 2.75) is 6.92 Å². The van der Waals surface area contributed by atoms with Gasteiger partial charge in [-0.1, -0.05) is 34.1 Å². The van der Waals surface area contributed by atoms with Crippen LogP contribution in [-0.2, 0) is 0 Å². The molecule has 3 aromatic rings. The van der Waals surface area contributed by atoms with E-state index in [1.165, 1.54) is 12.3 Å². The molecular weight excluding hydrogens is 434 g/mol. The van der Waals surface area contributed by atoms with E-state index in [-0.39, 0.29) is 11.7 Å². The molecule has 0 spiro atoms. The van der Waals surface area contributed by atoms with Crippen LogP contribution in [0.25, 0.3) is 0 Å². The van der Waals surface area contributed by atoms with E-state index < -0.39 is 5.91 Å². The molecule has 0 unspecified atom stereocenters. The number of phenols is 1. The summed E-state index contributed by atoms with van der Waals surface area (Å²) >= 11 is 3.31. The molecule has 0 radical (unpaired) electrons. The number of rotatable bonds is 5. The summed E-state index contributed by atoms with van der Waals surface area (Å²) in [6.45, 7) is 1.87. The summed E-state index contributed by atoms with van der Waals surface area (Å²) in [6.07, 6.45) is 1.36. The zero-order valence-electron chi connectivity index (χ0n) is 15.5. The Balaban J connectivity index is 1.61. The second-order valence-electron chi connectivity index (χ2n) is 6.25. The first-order chi connectivity index (χ1) is 13.9. The van der Waals surface area contributed by atoms with E-state index in [0.29, 0.717) is 22.4 Å². The molecule has 3 rings (SSSR count). The lowest BCUT2D eigenvalue weighted by Gasteiger charge is -2.08. The number of hydrazone groups is 1. The van der Waals surface area contributed by atoms with Gasteiger partial charge < -0.3 is 10.4 Å². The number of hydrogen-bond acceptors (Lipinski definition) is 4. The number of hydrogen-bond donors (Lipinski definition) is 3. The van der Waals surface area contributed by atoms with Crippen molar-refractivity contribution in [1.82, 2.24) is 5.43 Å². The second-order valence-corrected chi connectivity index (χ2v) is 7.16. The Morgan fingerprint density at radius 3 is 2.45 bits per heavy atom. The lowest BCUT2D eigenvalue weighted by Crippen LogP contribution is -2.18. The average Bonchev–Trinajstić information content (AvgIpc) is 2.71. The first-order valence-corrected chi connectivity index (χ1v) is 9.52. The van der Waals surface area contributed by atoms with E-state index in [1.54, 1.807) is 42.5 Å². The van der Waals surface area contributed by atoms with Crippen LogP contribution in [0.15, 0.2) is 76.3 Å². The van der Waals surface area contributed by atoms with Crippen LogP contribution in [-0.4, -0.2) is 23.1 Å². The van der Waals surface area contributed by atoms with Crippen LogP contribution in [0.2, 0.25) is 0 Å². The van der Waals surface area contributed by atoms with Crippen LogP contribution in [0, 0.1) is 6.92 Å². The maximum atomic E-state index is 12.3. The zero-order valence-corrected chi connectivity index (χ0v) is 17.1. The maximum Gasteiger partial charge on any atom is 0.271 e. The molecule has 0 saturated carbocycles. The normalized spacial score (nSPS) is 10.7. The number of halogens is 1. The van der Waals surface area contributed by atoms with Gasteiger partial charge in [0.15, 0.2) is 0 Å². The number of aryl methyl sites for hydroxylation is 1. The summed E-state index contributed by atoms with van der Waals surface area (Å²) in [6, 6.07) is 18.7. The predicted molar refractivity (Wildman–Crippen MR) is 116 cm³/mol. The molecule has 0 atom stereocenters. The van der Waals surface area contributed by atoms with Crippen LogP contribution < -0.4 is 10.7 Å². The Morgan fingerprint density at radius 1 is 1.00 bits per heavy atom. The van der Waals surface area contributed by atoms with Crippen molar-refractivity contribution in [1.29, 1.82) is 0 Å². The molecule has 3 N–H and O–H groups in total. The quantitative estimate of drug-likeness (QED) is 0.394. The smallest absolute Gasteiger partial charge is 0.271 e. The number of nitrogens with zero attached hydrogens (tertiary/aromatic N) is 1. The summed E-state index contributed by atoms with van der Waals surface area (Å²) in [4.78, 5) is 24.6. The van der Waals surface area contributed by atoms with Gasteiger partial charge in [-0.2, -0.15) is 5.10 Å². The molecule has 0 fully saturated rings. The summed E-state index contributed by atoms with van der Waals surface area (Å²) in [5.41, 5.74) is 5.32. The van der Waals surface area contributed by atoms with Crippen molar-refractivity contribution >= 4 is 39.6 Å². The van der Waals surface area contributed by atoms with Gasteiger partial charge >= 0.3 is 0 Å². The van der Waals surface area contributed by atoms with Crippen molar-refractivity contribution in [2.75, 3.05) is 5.32 Å². The number of carbonyl (C=O) groups is 2. The average molecular weight is 452 g/mol. The standard InChI is InChI=1S/C22H18BrN3O3/c1-14-4-2-3-5-19(14)22(29)25-18-9-6-15(7-10-18)21(28)26-24-13-16-12-17(23)8-11-20(16)27/h2-13,27H,1H3,(H,25,29)(H,26,28). The predicted octanol–water partition coefficient (Wildman–Crippen LogP) is 4.48. The highest BCUT2D eigenvalue weighted by atomic mass is 79.9. The number of amides is 2. The van der Waals surface area contributed by atoms with E-state index in [2.05, 4.69) is 31.8 Å². The highest BCUT2D eigenvalue weighted by Crippen LogP contribution is 2.20. The summed E-state index contributed by atoms with van der Waals surface area (Å²) < 4.78 is 0.784. The van der Waals surface area contributed by atoms with E-state index in [9.17, 15) is 14.7 Å². The molecule has 0 saturated heterocycles. The Hall–Kier alpha value is -3.45. The van der Waals surface area contributed by atoms with Crippen LogP contribution in [0.3, 0.4) is 0 Å². The van der Waals surface area contributed by atoms with Crippen molar-refractivity contribution in [3.05, 3.63) is 93.5 Å². The van der Waals surface area contributed by atoms with E-state index in [1.807, 2.05) is 25.1 Å². The van der Waals surface area contributed by atoms with Crippen molar-refractivity contribution < 1.29 is 14.7 Å².